The predicted octanol–water partition coefficient (Wildman–Crippen LogP) is 3.12. The molecule has 10 heteroatoms. The second-order valence-corrected chi connectivity index (χ2v) is 9.22. The van der Waals surface area contributed by atoms with Gasteiger partial charge in [0.15, 0.2) is 0 Å². The first-order chi connectivity index (χ1) is 15.7. The average Bonchev–Trinajstić information content (AvgIpc) is 3.23. The van der Waals surface area contributed by atoms with E-state index in [0.29, 0.717) is 11.4 Å². The van der Waals surface area contributed by atoms with Gasteiger partial charge < -0.3 is 14.6 Å². The van der Waals surface area contributed by atoms with Crippen molar-refractivity contribution in [3.63, 3.8) is 0 Å². The van der Waals surface area contributed by atoms with Crippen molar-refractivity contribution in [3.8, 4) is 5.75 Å². The van der Waals surface area contributed by atoms with Crippen molar-refractivity contribution < 1.29 is 22.3 Å². The van der Waals surface area contributed by atoms with Gasteiger partial charge in [-0.3, -0.25) is 4.79 Å². The highest BCUT2D eigenvalue weighted by Crippen LogP contribution is 2.29. The number of amides is 1. The van der Waals surface area contributed by atoms with Crippen LogP contribution in [0.1, 0.15) is 41.6 Å². The Morgan fingerprint density at radius 3 is 2.39 bits per heavy atom. The molecule has 0 bridgehead atoms. The molecule has 1 heterocycles. The number of halogens is 1. The molecule has 1 N–H and O–H groups in total. The summed E-state index contributed by atoms with van der Waals surface area (Å²) in [6.07, 6.45) is 3.33. The fraction of sp³-hybridized carbons (Fsp3) is 0.304. The third-order valence-electron chi connectivity index (χ3n) is 5.34. The Morgan fingerprint density at radius 1 is 1.18 bits per heavy atom. The van der Waals surface area contributed by atoms with Gasteiger partial charge >= 0.3 is 0 Å². The first kappa shape index (κ1) is 24.4. The van der Waals surface area contributed by atoms with Crippen molar-refractivity contribution >= 4 is 15.9 Å². The van der Waals surface area contributed by atoms with Crippen molar-refractivity contribution in [2.24, 2.45) is 7.05 Å². The summed E-state index contributed by atoms with van der Waals surface area (Å²) in [5.74, 6) is -0.215. The molecule has 3 aromatic rings. The lowest BCUT2D eigenvalue weighted by atomic mass is 10.1. The summed E-state index contributed by atoms with van der Waals surface area (Å²) < 4.78 is 48.0. The molecule has 1 aromatic heterocycles. The number of benzene rings is 2. The van der Waals surface area contributed by atoms with Gasteiger partial charge in [0.2, 0.25) is 10.0 Å². The summed E-state index contributed by atoms with van der Waals surface area (Å²) in [5.41, 5.74) is 0.770. The average molecular weight is 475 g/mol. The number of nitrogens with one attached hydrogen (secondary N) is 1. The topological polar surface area (TPSA) is 93.5 Å². The van der Waals surface area contributed by atoms with E-state index in [4.69, 9.17) is 4.74 Å². The maximum absolute atomic E-state index is 13.5. The van der Waals surface area contributed by atoms with E-state index in [-0.39, 0.29) is 29.3 Å². The molecule has 1 amide bonds. The number of aromatic nitrogens is 2. The van der Waals surface area contributed by atoms with Crippen LogP contribution in [0.25, 0.3) is 0 Å². The van der Waals surface area contributed by atoms with Crippen molar-refractivity contribution in [2.45, 2.75) is 24.8 Å². The zero-order valence-corrected chi connectivity index (χ0v) is 19.8. The van der Waals surface area contributed by atoms with E-state index in [1.807, 2.05) is 0 Å². The molecule has 0 aliphatic heterocycles. The fourth-order valence-electron chi connectivity index (χ4n) is 3.54. The largest absolute Gasteiger partial charge is 0.495 e. The summed E-state index contributed by atoms with van der Waals surface area (Å²) in [5, 5.41) is 2.89. The molecule has 0 aliphatic carbocycles. The quantitative estimate of drug-likeness (QED) is 0.514. The van der Waals surface area contributed by atoms with Crippen molar-refractivity contribution in [3.05, 3.63) is 77.6 Å². The number of methoxy groups -OCH3 is 1. The monoisotopic (exact) mass is 474 g/mol. The van der Waals surface area contributed by atoms with Crippen LogP contribution >= 0.6 is 0 Å². The van der Waals surface area contributed by atoms with Gasteiger partial charge in [-0.1, -0.05) is 26.0 Å². The van der Waals surface area contributed by atoms with Crippen LogP contribution in [-0.4, -0.2) is 48.4 Å². The van der Waals surface area contributed by atoms with Gasteiger partial charge in [-0.15, -0.1) is 0 Å². The van der Waals surface area contributed by atoms with Crippen molar-refractivity contribution in [1.29, 1.82) is 0 Å². The number of hydrogen-bond donors (Lipinski definition) is 1. The van der Waals surface area contributed by atoms with Gasteiger partial charge in [0.05, 0.1) is 7.11 Å². The molecule has 0 radical (unpaired) electrons. The minimum atomic E-state index is -3.87. The highest BCUT2D eigenvalue weighted by Gasteiger charge is 2.28. The van der Waals surface area contributed by atoms with Gasteiger partial charge in [-0.05, 0) is 35.9 Å². The van der Waals surface area contributed by atoms with E-state index >= 15 is 0 Å². The van der Waals surface area contributed by atoms with Gasteiger partial charge in [-0.2, -0.15) is 4.31 Å². The Kier molecular flexibility index (Phi) is 7.50. The normalized spacial score (nSPS) is 12.5. The van der Waals surface area contributed by atoms with Crippen molar-refractivity contribution in [1.82, 2.24) is 19.2 Å². The molecule has 0 saturated heterocycles. The highest BCUT2D eigenvalue weighted by atomic mass is 32.2. The molecule has 2 aromatic carbocycles. The maximum Gasteiger partial charge on any atom is 0.252 e. The molecule has 0 spiro atoms. The molecule has 8 nitrogen and oxygen atoms in total. The van der Waals surface area contributed by atoms with Crippen LogP contribution in [0.2, 0.25) is 0 Å². The summed E-state index contributed by atoms with van der Waals surface area (Å²) in [4.78, 5) is 17.5. The Morgan fingerprint density at radius 2 is 1.85 bits per heavy atom. The third kappa shape index (κ3) is 5.07. The predicted molar refractivity (Wildman–Crippen MR) is 122 cm³/mol. The zero-order chi connectivity index (χ0) is 24.2. The molecule has 3 rings (SSSR count). The lowest BCUT2D eigenvalue weighted by Gasteiger charge is -2.21. The Labute approximate surface area is 193 Å². The summed E-state index contributed by atoms with van der Waals surface area (Å²) in [6, 6.07) is 9.33. The standard InChI is InChI=1S/C23H27FN4O4S/c1-5-28(6-2)33(30,31)20-15-17(9-12-19(20)32-4)23(29)26-21(22-25-13-14-27(22)3)16-7-10-18(24)11-8-16/h7-15,21H,5-6H2,1-4H3,(H,26,29)/t21-/m0/s1. The molecule has 176 valence electrons. The minimum absolute atomic E-state index is 0.0864. The number of rotatable bonds is 9. The lowest BCUT2D eigenvalue weighted by Crippen LogP contribution is -2.32. The lowest BCUT2D eigenvalue weighted by molar-refractivity contribution is 0.0941. The van der Waals surface area contributed by atoms with Crippen LogP contribution < -0.4 is 10.1 Å². The molecule has 1 atom stereocenters. The second-order valence-electron chi connectivity index (χ2n) is 7.31. The van der Waals surface area contributed by atoms with Gasteiger partial charge in [0.25, 0.3) is 5.91 Å². The first-order valence-corrected chi connectivity index (χ1v) is 11.9. The van der Waals surface area contributed by atoms with Crippen LogP contribution in [0, 0.1) is 5.82 Å². The maximum atomic E-state index is 13.5. The number of aryl methyl sites for hydroxylation is 1. The third-order valence-corrected chi connectivity index (χ3v) is 7.42. The summed E-state index contributed by atoms with van der Waals surface area (Å²) >= 11 is 0. The molecular weight excluding hydrogens is 447 g/mol. The fourth-order valence-corrected chi connectivity index (χ4v) is 5.18. The molecule has 0 saturated carbocycles. The smallest absolute Gasteiger partial charge is 0.252 e. The van der Waals surface area contributed by atoms with E-state index < -0.39 is 27.8 Å². The molecule has 0 aliphatic rings. The van der Waals surface area contributed by atoms with E-state index in [0.717, 1.165) is 0 Å². The number of sulfonamides is 1. The molecule has 0 fully saturated rings. The van der Waals surface area contributed by atoms with E-state index in [9.17, 15) is 17.6 Å². The number of hydrogen-bond acceptors (Lipinski definition) is 5. The minimum Gasteiger partial charge on any atom is -0.495 e. The zero-order valence-electron chi connectivity index (χ0n) is 18.9. The molecule has 33 heavy (non-hydrogen) atoms. The van der Waals surface area contributed by atoms with E-state index in [1.165, 1.54) is 41.7 Å². The number of imidazole rings is 1. The SMILES string of the molecule is CCN(CC)S(=O)(=O)c1cc(C(=O)N[C@@H](c2ccc(F)cc2)c2nccn2C)ccc1OC. The number of nitrogens with zero attached hydrogens (tertiary/aromatic N) is 3. The van der Waals surface area contributed by atoms with Crippen LogP contribution in [0.5, 0.6) is 5.75 Å². The van der Waals surface area contributed by atoms with Gasteiger partial charge in [0.1, 0.15) is 28.3 Å². The van der Waals surface area contributed by atoms with Gasteiger partial charge in [0, 0.05) is 38.1 Å². The molecule has 0 unspecified atom stereocenters. The van der Waals surface area contributed by atoms with Crippen molar-refractivity contribution in [2.75, 3.05) is 20.2 Å². The Balaban J connectivity index is 2.01. The Bertz CT molecular complexity index is 1220. The van der Waals surface area contributed by atoms with Gasteiger partial charge in [-0.25, -0.2) is 17.8 Å². The second kappa shape index (κ2) is 10.1. The first-order valence-electron chi connectivity index (χ1n) is 10.4. The number of carbonyl (C=O) groups excluding carboxylic acids is 1. The van der Waals surface area contributed by atoms with Crippen LogP contribution in [-0.2, 0) is 17.1 Å². The van der Waals surface area contributed by atoms with Crippen LogP contribution in [0.15, 0.2) is 59.8 Å². The Hall–Kier alpha value is -3.24. The number of carbonyl (C=O) groups is 1. The van der Waals surface area contributed by atoms with Crippen LogP contribution in [0.4, 0.5) is 4.39 Å². The summed E-state index contributed by atoms with van der Waals surface area (Å²) in [7, 11) is -0.703. The number of ether oxygens (including phenoxy) is 1. The van der Waals surface area contributed by atoms with E-state index in [2.05, 4.69) is 10.3 Å². The van der Waals surface area contributed by atoms with E-state index in [1.54, 1.807) is 50.0 Å². The molecular formula is C23H27FN4O4S. The van der Waals surface area contributed by atoms with Crippen LogP contribution in [0.3, 0.4) is 0 Å². The summed E-state index contributed by atoms with van der Waals surface area (Å²) in [6.45, 7) is 4.04. The highest BCUT2D eigenvalue weighted by molar-refractivity contribution is 7.89.